The molecule has 0 aliphatic rings. The highest BCUT2D eigenvalue weighted by Crippen LogP contribution is 2.29. The second-order valence-electron chi connectivity index (χ2n) is 4.78. The predicted octanol–water partition coefficient (Wildman–Crippen LogP) is 2.64. The van der Waals surface area contributed by atoms with E-state index in [0.29, 0.717) is 6.41 Å². The van der Waals surface area contributed by atoms with Gasteiger partial charge in [-0.2, -0.15) is 13.2 Å². The number of aromatic nitrogens is 1. The number of hydrogen-bond acceptors (Lipinski definition) is 5. The Balaban J connectivity index is 0.000000705. The Bertz CT molecular complexity index is 693. The number of halogens is 3. The Morgan fingerprint density at radius 2 is 1.88 bits per heavy atom. The van der Waals surface area contributed by atoms with E-state index in [0.717, 1.165) is 22.9 Å². The number of nitrogens with one attached hydrogen (secondary N) is 2. The summed E-state index contributed by atoms with van der Waals surface area (Å²) in [5, 5.41) is 3.03. The van der Waals surface area contributed by atoms with Gasteiger partial charge in [0.1, 0.15) is 12.3 Å². The van der Waals surface area contributed by atoms with Crippen LogP contribution in [0.1, 0.15) is 16.8 Å². The summed E-state index contributed by atoms with van der Waals surface area (Å²) in [5.41, 5.74) is 3.55. The van der Waals surface area contributed by atoms with Gasteiger partial charge in [-0.3, -0.25) is 10.2 Å². The SMILES string of the molecule is CNc1cccc(C)c1COc1cccc(C(F)(F)F)n1.NNC=O. The Labute approximate surface area is 143 Å². The second kappa shape index (κ2) is 9.48. The van der Waals surface area contributed by atoms with Crippen molar-refractivity contribution in [1.82, 2.24) is 10.4 Å². The van der Waals surface area contributed by atoms with Crippen molar-refractivity contribution in [2.75, 3.05) is 12.4 Å². The number of carbonyl (C=O) groups is 1. The highest BCUT2D eigenvalue weighted by molar-refractivity contribution is 5.53. The molecule has 2 rings (SSSR count). The van der Waals surface area contributed by atoms with Gasteiger partial charge in [0, 0.05) is 24.4 Å². The highest BCUT2D eigenvalue weighted by Gasteiger charge is 2.32. The number of aryl methyl sites for hydroxylation is 1. The van der Waals surface area contributed by atoms with Gasteiger partial charge in [0.15, 0.2) is 0 Å². The van der Waals surface area contributed by atoms with Crippen LogP contribution < -0.4 is 21.3 Å². The third kappa shape index (κ3) is 6.30. The summed E-state index contributed by atoms with van der Waals surface area (Å²) in [6, 6.07) is 9.30. The molecule has 0 unspecified atom stereocenters. The van der Waals surface area contributed by atoms with E-state index in [9.17, 15) is 13.2 Å². The fourth-order valence-electron chi connectivity index (χ4n) is 1.93. The molecule has 0 aliphatic carbocycles. The minimum absolute atomic E-state index is 0.0462. The fraction of sp³-hybridized carbons (Fsp3) is 0.250. The zero-order chi connectivity index (χ0) is 18.9. The molecule has 1 aromatic heterocycles. The van der Waals surface area contributed by atoms with Crippen molar-refractivity contribution in [3.05, 3.63) is 53.2 Å². The van der Waals surface area contributed by atoms with Crippen LogP contribution in [0, 0.1) is 6.92 Å². The van der Waals surface area contributed by atoms with E-state index in [4.69, 9.17) is 9.53 Å². The van der Waals surface area contributed by atoms with Gasteiger partial charge in [0.05, 0.1) is 0 Å². The van der Waals surface area contributed by atoms with E-state index in [1.165, 1.54) is 12.1 Å². The molecule has 1 aromatic carbocycles. The standard InChI is InChI=1S/C15H15F3N2O.CH4N2O/c1-10-5-3-6-12(19-2)11(10)9-21-14-8-4-7-13(20-14)15(16,17)18;2-3-1-4/h3-8,19H,9H2,1-2H3;1H,2H2,(H,3,4). The van der Waals surface area contributed by atoms with Crippen LogP contribution >= 0.6 is 0 Å². The normalized spacial score (nSPS) is 10.3. The number of pyridine rings is 1. The smallest absolute Gasteiger partial charge is 0.433 e. The molecule has 0 spiro atoms. The maximum atomic E-state index is 12.6. The van der Waals surface area contributed by atoms with E-state index < -0.39 is 11.9 Å². The van der Waals surface area contributed by atoms with Crippen LogP contribution in [0.3, 0.4) is 0 Å². The van der Waals surface area contributed by atoms with Crippen LogP contribution in [-0.2, 0) is 17.6 Å². The Kier molecular flexibility index (Phi) is 7.67. The van der Waals surface area contributed by atoms with Gasteiger partial charge in [-0.25, -0.2) is 10.8 Å². The lowest BCUT2D eigenvalue weighted by Crippen LogP contribution is -2.18. The number of anilines is 1. The van der Waals surface area contributed by atoms with Crippen molar-refractivity contribution in [3.63, 3.8) is 0 Å². The van der Waals surface area contributed by atoms with Gasteiger partial charge in [-0.05, 0) is 24.6 Å². The highest BCUT2D eigenvalue weighted by atomic mass is 19.4. The van der Waals surface area contributed by atoms with Crippen LogP contribution in [0.5, 0.6) is 5.88 Å². The zero-order valence-electron chi connectivity index (χ0n) is 13.7. The van der Waals surface area contributed by atoms with Gasteiger partial charge in [0.2, 0.25) is 12.3 Å². The number of benzene rings is 1. The van der Waals surface area contributed by atoms with Crippen LogP contribution in [0.15, 0.2) is 36.4 Å². The van der Waals surface area contributed by atoms with Crippen LogP contribution in [0.4, 0.5) is 18.9 Å². The first-order valence-corrected chi connectivity index (χ1v) is 7.16. The summed E-state index contributed by atoms with van der Waals surface area (Å²) in [7, 11) is 1.78. The van der Waals surface area contributed by atoms with Crippen molar-refractivity contribution < 1.29 is 22.7 Å². The molecule has 136 valence electrons. The van der Waals surface area contributed by atoms with Crippen LogP contribution in [0.25, 0.3) is 0 Å². The molecule has 0 aliphatic heterocycles. The summed E-state index contributed by atoms with van der Waals surface area (Å²) >= 11 is 0. The largest absolute Gasteiger partial charge is 0.473 e. The van der Waals surface area contributed by atoms with Crippen LogP contribution in [-0.4, -0.2) is 18.4 Å². The molecule has 25 heavy (non-hydrogen) atoms. The molecular weight excluding hydrogens is 337 g/mol. The second-order valence-corrected chi connectivity index (χ2v) is 4.78. The van der Waals surface area contributed by atoms with E-state index in [1.54, 1.807) is 12.5 Å². The van der Waals surface area contributed by atoms with Crippen LogP contribution in [0.2, 0.25) is 0 Å². The summed E-state index contributed by atoms with van der Waals surface area (Å²) in [6.45, 7) is 2.07. The molecule has 1 heterocycles. The molecule has 0 bridgehead atoms. The number of nitrogens with two attached hydrogens (primary N) is 1. The number of nitrogens with zero attached hydrogens (tertiary/aromatic N) is 1. The van der Waals surface area contributed by atoms with Gasteiger partial charge in [-0.15, -0.1) is 0 Å². The molecule has 0 fully saturated rings. The third-order valence-corrected chi connectivity index (χ3v) is 3.13. The Morgan fingerprint density at radius 1 is 1.24 bits per heavy atom. The predicted molar refractivity (Wildman–Crippen MR) is 87.7 cm³/mol. The number of amides is 1. The van der Waals surface area contributed by atoms with Gasteiger partial charge in [0.25, 0.3) is 0 Å². The minimum atomic E-state index is -4.47. The quantitative estimate of drug-likeness (QED) is 0.332. The topological polar surface area (TPSA) is 89.3 Å². The minimum Gasteiger partial charge on any atom is -0.473 e. The Morgan fingerprint density at radius 3 is 2.44 bits per heavy atom. The van der Waals surface area contributed by atoms with E-state index in [-0.39, 0.29) is 12.5 Å². The lowest BCUT2D eigenvalue weighted by Gasteiger charge is -2.13. The van der Waals surface area contributed by atoms with E-state index in [2.05, 4.69) is 16.1 Å². The number of rotatable bonds is 5. The first-order chi connectivity index (χ1) is 11.8. The first-order valence-electron chi connectivity index (χ1n) is 7.16. The number of alkyl halides is 3. The lowest BCUT2D eigenvalue weighted by molar-refractivity contribution is -0.141. The molecule has 1 amide bonds. The molecule has 2 aromatic rings. The molecule has 4 N–H and O–H groups in total. The summed E-state index contributed by atoms with van der Waals surface area (Å²) in [5.74, 6) is 4.36. The van der Waals surface area contributed by atoms with Crippen molar-refractivity contribution in [1.29, 1.82) is 0 Å². The molecule has 0 saturated carbocycles. The van der Waals surface area contributed by atoms with Crippen molar-refractivity contribution >= 4 is 12.1 Å². The maximum absolute atomic E-state index is 12.6. The fourth-order valence-corrected chi connectivity index (χ4v) is 1.93. The summed E-state index contributed by atoms with van der Waals surface area (Å²) in [4.78, 5) is 12.4. The average Bonchev–Trinajstić information content (AvgIpc) is 2.60. The molecule has 0 saturated heterocycles. The number of hydrogen-bond donors (Lipinski definition) is 3. The van der Waals surface area contributed by atoms with Crippen molar-refractivity contribution in [2.24, 2.45) is 5.84 Å². The maximum Gasteiger partial charge on any atom is 0.433 e. The van der Waals surface area contributed by atoms with Gasteiger partial charge in [-0.1, -0.05) is 18.2 Å². The average molecular weight is 356 g/mol. The monoisotopic (exact) mass is 356 g/mol. The third-order valence-electron chi connectivity index (χ3n) is 3.13. The van der Waals surface area contributed by atoms with Crippen molar-refractivity contribution in [3.8, 4) is 5.88 Å². The van der Waals surface area contributed by atoms with Crippen molar-refractivity contribution in [2.45, 2.75) is 19.7 Å². The lowest BCUT2D eigenvalue weighted by atomic mass is 10.1. The van der Waals surface area contributed by atoms with Gasteiger partial charge < -0.3 is 10.1 Å². The molecule has 9 heteroatoms. The number of ether oxygens (including phenoxy) is 1. The van der Waals surface area contributed by atoms with E-state index in [1.807, 2.05) is 25.1 Å². The van der Waals surface area contributed by atoms with Gasteiger partial charge >= 0.3 is 6.18 Å². The summed E-state index contributed by atoms with van der Waals surface area (Å²) < 4.78 is 43.2. The molecular formula is C16H19F3N4O2. The molecule has 0 atom stereocenters. The summed E-state index contributed by atoms with van der Waals surface area (Å²) in [6.07, 6.45) is -4.07. The molecule has 0 radical (unpaired) electrons. The zero-order valence-corrected chi connectivity index (χ0v) is 13.7. The molecule has 6 nitrogen and oxygen atoms in total. The number of hydrazine groups is 1. The Hall–Kier alpha value is -2.81. The number of carbonyl (C=O) groups excluding carboxylic acids is 1. The first kappa shape index (κ1) is 20.2. The van der Waals surface area contributed by atoms with E-state index >= 15 is 0 Å².